The van der Waals surface area contributed by atoms with Crippen LogP contribution in [0.3, 0.4) is 0 Å². The standard InChI is InChI=1S/C28H19Cl2NO3/c1-33-22-11-9-17-12-19(7-6-18(17)13-22)27-15-24(23-4-2-3-5-26(23)31-27)28(32)34-16-20-8-10-21(29)14-25(20)30/h2-15H,16H2,1H3. The van der Waals surface area contributed by atoms with Gasteiger partial charge in [0.15, 0.2) is 0 Å². The maximum Gasteiger partial charge on any atom is 0.339 e. The molecule has 0 fully saturated rings. The lowest BCUT2D eigenvalue weighted by atomic mass is 10.0. The van der Waals surface area contributed by atoms with Crippen molar-refractivity contribution in [3.8, 4) is 17.0 Å². The van der Waals surface area contributed by atoms with E-state index < -0.39 is 5.97 Å². The van der Waals surface area contributed by atoms with Crippen LogP contribution < -0.4 is 4.74 Å². The molecule has 0 aliphatic carbocycles. The number of aromatic nitrogens is 1. The Labute approximate surface area is 206 Å². The molecule has 4 nitrogen and oxygen atoms in total. The first kappa shape index (κ1) is 22.2. The molecule has 0 unspecified atom stereocenters. The molecule has 0 atom stereocenters. The summed E-state index contributed by atoms with van der Waals surface area (Å²) >= 11 is 12.2. The van der Waals surface area contributed by atoms with Crippen LogP contribution >= 0.6 is 23.2 Å². The highest BCUT2D eigenvalue weighted by atomic mass is 35.5. The van der Waals surface area contributed by atoms with Crippen LogP contribution in [-0.2, 0) is 11.3 Å². The number of hydrogen-bond donors (Lipinski definition) is 0. The molecule has 0 saturated heterocycles. The predicted octanol–water partition coefficient (Wildman–Crippen LogP) is 7.73. The zero-order valence-electron chi connectivity index (χ0n) is 18.2. The maximum atomic E-state index is 13.1. The second-order valence-corrected chi connectivity index (χ2v) is 8.66. The van der Waals surface area contributed by atoms with Crippen LogP contribution in [0.2, 0.25) is 10.0 Å². The van der Waals surface area contributed by atoms with E-state index >= 15 is 0 Å². The van der Waals surface area contributed by atoms with E-state index in [9.17, 15) is 4.79 Å². The van der Waals surface area contributed by atoms with Gasteiger partial charge in [-0.15, -0.1) is 0 Å². The molecule has 1 aromatic heterocycles. The number of ether oxygens (including phenoxy) is 2. The number of carbonyl (C=O) groups excluding carboxylic acids is 1. The summed E-state index contributed by atoms with van der Waals surface area (Å²) < 4.78 is 10.9. The van der Waals surface area contributed by atoms with Crippen LogP contribution in [-0.4, -0.2) is 18.1 Å². The van der Waals surface area contributed by atoms with Gasteiger partial charge >= 0.3 is 5.97 Å². The monoisotopic (exact) mass is 487 g/mol. The average Bonchev–Trinajstić information content (AvgIpc) is 2.86. The summed E-state index contributed by atoms with van der Waals surface area (Å²) in [5.41, 5.74) is 3.43. The molecule has 5 rings (SSSR count). The van der Waals surface area contributed by atoms with E-state index in [0.717, 1.165) is 27.5 Å². The first-order valence-corrected chi connectivity index (χ1v) is 11.4. The molecule has 34 heavy (non-hydrogen) atoms. The largest absolute Gasteiger partial charge is 0.497 e. The Bertz CT molecular complexity index is 1550. The fourth-order valence-corrected chi connectivity index (χ4v) is 4.33. The first-order chi connectivity index (χ1) is 16.5. The molecule has 0 N–H and O–H groups in total. The van der Waals surface area contributed by atoms with E-state index in [1.54, 1.807) is 31.4 Å². The summed E-state index contributed by atoms with van der Waals surface area (Å²) in [6.45, 7) is 0.0403. The zero-order valence-corrected chi connectivity index (χ0v) is 19.7. The van der Waals surface area contributed by atoms with Crippen LogP contribution in [0.25, 0.3) is 32.9 Å². The number of fused-ring (bicyclic) bond motifs is 2. The van der Waals surface area contributed by atoms with Gasteiger partial charge in [-0.25, -0.2) is 9.78 Å². The molecular weight excluding hydrogens is 469 g/mol. The Morgan fingerprint density at radius 2 is 1.68 bits per heavy atom. The molecule has 5 aromatic rings. The fraction of sp³-hybridized carbons (Fsp3) is 0.0714. The molecule has 6 heteroatoms. The number of rotatable bonds is 5. The Morgan fingerprint density at radius 3 is 2.50 bits per heavy atom. The lowest BCUT2D eigenvalue weighted by molar-refractivity contribution is 0.0475. The van der Waals surface area contributed by atoms with E-state index in [1.807, 2.05) is 54.6 Å². The van der Waals surface area contributed by atoms with Crippen molar-refractivity contribution in [2.24, 2.45) is 0 Å². The van der Waals surface area contributed by atoms with Crippen LogP contribution in [0.5, 0.6) is 5.75 Å². The van der Waals surface area contributed by atoms with E-state index in [0.29, 0.717) is 32.4 Å². The van der Waals surface area contributed by atoms with Gasteiger partial charge in [0, 0.05) is 26.6 Å². The van der Waals surface area contributed by atoms with Gasteiger partial charge in [-0.05, 0) is 53.2 Å². The number of para-hydroxylation sites is 1. The number of hydrogen-bond acceptors (Lipinski definition) is 4. The maximum absolute atomic E-state index is 13.1. The highest BCUT2D eigenvalue weighted by molar-refractivity contribution is 6.35. The van der Waals surface area contributed by atoms with E-state index in [1.165, 1.54) is 0 Å². The third-order valence-electron chi connectivity index (χ3n) is 5.65. The Kier molecular flexibility index (Phi) is 6.10. The third kappa shape index (κ3) is 4.43. The molecule has 4 aromatic carbocycles. The molecule has 1 heterocycles. The van der Waals surface area contributed by atoms with Crippen LogP contribution in [0.1, 0.15) is 15.9 Å². The van der Waals surface area contributed by atoms with Gasteiger partial charge < -0.3 is 9.47 Å². The van der Waals surface area contributed by atoms with Gasteiger partial charge in [0.2, 0.25) is 0 Å². The topological polar surface area (TPSA) is 48.4 Å². The highest BCUT2D eigenvalue weighted by Crippen LogP contribution is 2.30. The Morgan fingerprint density at radius 1 is 0.882 bits per heavy atom. The van der Waals surface area contributed by atoms with E-state index in [4.69, 9.17) is 37.7 Å². The van der Waals surface area contributed by atoms with E-state index in [2.05, 4.69) is 6.07 Å². The quantitative estimate of drug-likeness (QED) is 0.238. The first-order valence-electron chi connectivity index (χ1n) is 10.6. The summed E-state index contributed by atoms with van der Waals surface area (Å²) in [6, 6.07) is 26.4. The minimum atomic E-state index is -0.448. The molecule has 0 bridgehead atoms. The average molecular weight is 488 g/mol. The number of pyridine rings is 1. The fourth-order valence-electron chi connectivity index (χ4n) is 3.86. The SMILES string of the molecule is COc1ccc2cc(-c3cc(C(=O)OCc4ccc(Cl)cc4Cl)c4ccccc4n3)ccc2c1. The summed E-state index contributed by atoms with van der Waals surface area (Å²) in [5, 5.41) is 3.81. The zero-order chi connectivity index (χ0) is 23.7. The number of nitrogens with zero attached hydrogens (tertiary/aromatic N) is 1. The summed E-state index contributed by atoms with van der Waals surface area (Å²) in [7, 11) is 1.65. The Hall–Kier alpha value is -3.60. The lowest BCUT2D eigenvalue weighted by Gasteiger charge is -2.12. The summed E-state index contributed by atoms with van der Waals surface area (Å²) in [6.07, 6.45) is 0. The van der Waals surface area contributed by atoms with Crippen molar-refractivity contribution in [3.05, 3.63) is 106 Å². The number of benzene rings is 4. The van der Waals surface area contributed by atoms with Crippen LogP contribution in [0.4, 0.5) is 0 Å². The summed E-state index contributed by atoms with van der Waals surface area (Å²) in [4.78, 5) is 17.9. The molecule has 0 aliphatic heterocycles. The van der Waals surface area contributed by atoms with Gasteiger partial charge in [-0.1, -0.05) is 65.7 Å². The molecule has 0 aliphatic rings. The second kappa shape index (κ2) is 9.34. The van der Waals surface area contributed by atoms with Crippen molar-refractivity contribution in [2.75, 3.05) is 7.11 Å². The van der Waals surface area contributed by atoms with Crippen molar-refractivity contribution < 1.29 is 14.3 Å². The van der Waals surface area contributed by atoms with Gasteiger partial charge in [-0.3, -0.25) is 0 Å². The van der Waals surface area contributed by atoms with Gasteiger partial charge in [-0.2, -0.15) is 0 Å². The lowest BCUT2D eigenvalue weighted by Crippen LogP contribution is -2.07. The van der Waals surface area contributed by atoms with Gasteiger partial charge in [0.05, 0.1) is 23.9 Å². The molecular formula is C28H19Cl2NO3. The van der Waals surface area contributed by atoms with Crippen molar-refractivity contribution in [1.29, 1.82) is 0 Å². The number of methoxy groups -OCH3 is 1. The van der Waals surface area contributed by atoms with E-state index in [-0.39, 0.29) is 6.61 Å². The Balaban J connectivity index is 1.52. The van der Waals surface area contributed by atoms with Crippen LogP contribution in [0, 0.1) is 0 Å². The van der Waals surface area contributed by atoms with Crippen molar-refractivity contribution >= 4 is 50.8 Å². The highest BCUT2D eigenvalue weighted by Gasteiger charge is 2.16. The predicted molar refractivity (Wildman–Crippen MR) is 137 cm³/mol. The van der Waals surface area contributed by atoms with Crippen molar-refractivity contribution in [3.63, 3.8) is 0 Å². The molecule has 0 amide bonds. The minimum absolute atomic E-state index is 0.0403. The number of esters is 1. The second-order valence-electron chi connectivity index (χ2n) is 7.81. The smallest absolute Gasteiger partial charge is 0.339 e. The summed E-state index contributed by atoms with van der Waals surface area (Å²) in [5.74, 6) is 0.353. The number of carbonyl (C=O) groups is 1. The number of halogens is 2. The molecule has 0 saturated carbocycles. The third-order valence-corrected chi connectivity index (χ3v) is 6.24. The van der Waals surface area contributed by atoms with Gasteiger partial charge in [0.1, 0.15) is 12.4 Å². The molecule has 0 radical (unpaired) electrons. The van der Waals surface area contributed by atoms with Crippen LogP contribution in [0.15, 0.2) is 84.9 Å². The van der Waals surface area contributed by atoms with Gasteiger partial charge in [0.25, 0.3) is 0 Å². The molecule has 168 valence electrons. The minimum Gasteiger partial charge on any atom is -0.497 e. The molecule has 0 spiro atoms. The van der Waals surface area contributed by atoms with Crippen molar-refractivity contribution in [2.45, 2.75) is 6.61 Å². The normalized spacial score (nSPS) is 11.0. The van der Waals surface area contributed by atoms with Crippen molar-refractivity contribution in [1.82, 2.24) is 4.98 Å².